The summed E-state index contributed by atoms with van der Waals surface area (Å²) in [5.41, 5.74) is 3.44. The highest BCUT2D eigenvalue weighted by Crippen LogP contribution is 2.29. The number of aromatic nitrogens is 4. The minimum absolute atomic E-state index is 0.228. The molecule has 2 aromatic heterocycles. The van der Waals surface area contributed by atoms with E-state index >= 15 is 0 Å². The number of fused-ring (bicyclic) bond motifs is 1. The van der Waals surface area contributed by atoms with Crippen LogP contribution in [0, 0.1) is 24.4 Å². The maximum Gasteiger partial charge on any atom is 0.277 e. The van der Waals surface area contributed by atoms with Crippen LogP contribution in [0.15, 0.2) is 48.5 Å². The van der Waals surface area contributed by atoms with E-state index in [1.807, 2.05) is 0 Å². The summed E-state index contributed by atoms with van der Waals surface area (Å²) in [6.07, 6.45) is 2.18. The molecule has 0 saturated heterocycles. The van der Waals surface area contributed by atoms with Crippen molar-refractivity contribution in [1.82, 2.24) is 19.6 Å². The SMILES string of the molecule is Cc1cc(NC(=O)c2nn(-c3ccc(F)c(F)c3)c3c2CCC3)n(-c2ccc(F)cc2)n1. The molecular weight excluding hydrogens is 419 g/mol. The molecule has 162 valence electrons. The van der Waals surface area contributed by atoms with Crippen molar-refractivity contribution < 1.29 is 18.0 Å². The molecule has 0 saturated carbocycles. The molecule has 0 bridgehead atoms. The van der Waals surface area contributed by atoms with E-state index in [9.17, 15) is 18.0 Å². The maximum absolute atomic E-state index is 13.8. The van der Waals surface area contributed by atoms with Gasteiger partial charge in [-0.15, -0.1) is 0 Å². The number of anilines is 1. The van der Waals surface area contributed by atoms with Gasteiger partial charge in [0.1, 0.15) is 11.6 Å². The fraction of sp³-hybridized carbons (Fsp3) is 0.174. The first-order chi connectivity index (χ1) is 15.4. The second-order valence-corrected chi connectivity index (χ2v) is 7.65. The summed E-state index contributed by atoms with van der Waals surface area (Å²) in [5.74, 6) is -2.32. The van der Waals surface area contributed by atoms with Gasteiger partial charge in [-0.3, -0.25) is 4.79 Å². The Hall–Kier alpha value is -3.88. The summed E-state index contributed by atoms with van der Waals surface area (Å²) in [6.45, 7) is 1.78. The van der Waals surface area contributed by atoms with Gasteiger partial charge in [0, 0.05) is 23.4 Å². The van der Waals surface area contributed by atoms with Crippen molar-refractivity contribution in [3.63, 3.8) is 0 Å². The molecule has 5 rings (SSSR count). The van der Waals surface area contributed by atoms with Crippen molar-refractivity contribution >= 4 is 11.7 Å². The lowest BCUT2D eigenvalue weighted by Gasteiger charge is -2.09. The number of hydrogen-bond acceptors (Lipinski definition) is 3. The second-order valence-electron chi connectivity index (χ2n) is 7.65. The van der Waals surface area contributed by atoms with Gasteiger partial charge in [-0.1, -0.05) is 0 Å². The quantitative estimate of drug-likeness (QED) is 0.511. The zero-order valence-electron chi connectivity index (χ0n) is 17.1. The molecule has 2 aromatic carbocycles. The number of halogens is 3. The molecule has 2 heterocycles. The molecule has 1 amide bonds. The monoisotopic (exact) mass is 437 g/mol. The van der Waals surface area contributed by atoms with Crippen molar-refractivity contribution in [2.24, 2.45) is 0 Å². The third-order valence-electron chi connectivity index (χ3n) is 5.44. The van der Waals surface area contributed by atoms with Crippen LogP contribution in [0.4, 0.5) is 19.0 Å². The zero-order valence-corrected chi connectivity index (χ0v) is 17.1. The van der Waals surface area contributed by atoms with Crippen LogP contribution in [0.25, 0.3) is 11.4 Å². The number of amides is 1. The maximum atomic E-state index is 13.8. The van der Waals surface area contributed by atoms with Crippen LogP contribution in [0.5, 0.6) is 0 Å². The Kier molecular flexibility index (Phi) is 4.80. The van der Waals surface area contributed by atoms with Gasteiger partial charge in [-0.2, -0.15) is 10.2 Å². The van der Waals surface area contributed by atoms with Crippen molar-refractivity contribution in [3.05, 3.63) is 88.6 Å². The number of nitrogens with zero attached hydrogens (tertiary/aromatic N) is 4. The van der Waals surface area contributed by atoms with Crippen molar-refractivity contribution in [2.45, 2.75) is 26.2 Å². The van der Waals surface area contributed by atoms with Gasteiger partial charge in [-0.25, -0.2) is 22.5 Å². The highest BCUT2D eigenvalue weighted by Gasteiger charge is 2.28. The van der Waals surface area contributed by atoms with E-state index in [0.29, 0.717) is 35.7 Å². The molecule has 0 spiro atoms. The number of hydrogen-bond donors (Lipinski definition) is 1. The van der Waals surface area contributed by atoms with E-state index in [2.05, 4.69) is 15.5 Å². The Morgan fingerprint density at radius 2 is 1.66 bits per heavy atom. The van der Waals surface area contributed by atoms with E-state index in [1.54, 1.807) is 25.1 Å². The van der Waals surface area contributed by atoms with Gasteiger partial charge in [0.15, 0.2) is 17.3 Å². The van der Waals surface area contributed by atoms with E-state index < -0.39 is 17.5 Å². The van der Waals surface area contributed by atoms with Crippen LogP contribution in [0.1, 0.15) is 33.9 Å². The Bertz CT molecular complexity index is 1340. The van der Waals surface area contributed by atoms with Gasteiger partial charge < -0.3 is 5.32 Å². The summed E-state index contributed by atoms with van der Waals surface area (Å²) in [4.78, 5) is 13.2. The van der Waals surface area contributed by atoms with Gasteiger partial charge in [0.25, 0.3) is 5.91 Å². The third kappa shape index (κ3) is 3.45. The summed E-state index contributed by atoms with van der Waals surface area (Å²) < 4.78 is 43.5. The van der Waals surface area contributed by atoms with Gasteiger partial charge in [0.05, 0.1) is 17.1 Å². The fourth-order valence-electron chi connectivity index (χ4n) is 3.99. The third-order valence-corrected chi connectivity index (χ3v) is 5.44. The van der Waals surface area contributed by atoms with Crippen LogP contribution < -0.4 is 5.32 Å². The van der Waals surface area contributed by atoms with Gasteiger partial charge in [0.2, 0.25) is 0 Å². The summed E-state index contributed by atoms with van der Waals surface area (Å²) >= 11 is 0. The van der Waals surface area contributed by atoms with Gasteiger partial charge >= 0.3 is 0 Å². The van der Waals surface area contributed by atoms with Crippen LogP contribution in [0.2, 0.25) is 0 Å². The molecule has 4 aromatic rings. The van der Waals surface area contributed by atoms with Crippen LogP contribution in [-0.4, -0.2) is 25.5 Å². The zero-order chi connectivity index (χ0) is 22.4. The molecule has 0 unspecified atom stereocenters. The number of carbonyl (C=O) groups is 1. The minimum atomic E-state index is -0.977. The molecule has 9 heteroatoms. The van der Waals surface area contributed by atoms with E-state index in [4.69, 9.17) is 0 Å². The number of aryl methyl sites for hydroxylation is 1. The lowest BCUT2D eigenvalue weighted by molar-refractivity contribution is 0.102. The number of benzene rings is 2. The lowest BCUT2D eigenvalue weighted by atomic mass is 10.2. The number of carbonyl (C=O) groups excluding carboxylic acids is 1. The lowest BCUT2D eigenvalue weighted by Crippen LogP contribution is -2.17. The van der Waals surface area contributed by atoms with Crippen molar-refractivity contribution in [1.29, 1.82) is 0 Å². The minimum Gasteiger partial charge on any atom is -0.305 e. The van der Waals surface area contributed by atoms with Crippen LogP contribution >= 0.6 is 0 Å². The largest absolute Gasteiger partial charge is 0.305 e. The molecule has 0 fully saturated rings. The molecule has 0 atom stereocenters. The first kappa shape index (κ1) is 20.0. The topological polar surface area (TPSA) is 64.7 Å². The van der Waals surface area contributed by atoms with E-state index in [-0.39, 0.29) is 11.5 Å². The van der Waals surface area contributed by atoms with Crippen LogP contribution in [0.3, 0.4) is 0 Å². The molecule has 1 N–H and O–H groups in total. The van der Waals surface area contributed by atoms with Gasteiger partial charge in [-0.05, 0) is 62.6 Å². The predicted octanol–water partition coefficient (Wildman–Crippen LogP) is 4.52. The molecule has 0 radical (unpaired) electrons. The summed E-state index contributed by atoms with van der Waals surface area (Å²) in [6, 6.07) is 11.0. The number of nitrogens with one attached hydrogen (secondary N) is 1. The Balaban J connectivity index is 1.50. The summed E-state index contributed by atoms with van der Waals surface area (Å²) in [5, 5.41) is 11.6. The van der Waals surface area contributed by atoms with E-state index in [1.165, 1.54) is 27.6 Å². The van der Waals surface area contributed by atoms with Crippen molar-refractivity contribution in [3.8, 4) is 11.4 Å². The molecule has 32 heavy (non-hydrogen) atoms. The van der Waals surface area contributed by atoms with Crippen molar-refractivity contribution in [2.75, 3.05) is 5.32 Å². The van der Waals surface area contributed by atoms with E-state index in [0.717, 1.165) is 29.8 Å². The molecule has 0 aliphatic heterocycles. The molecule has 1 aliphatic carbocycles. The predicted molar refractivity (Wildman–Crippen MR) is 112 cm³/mol. The first-order valence-corrected chi connectivity index (χ1v) is 10.1. The highest BCUT2D eigenvalue weighted by atomic mass is 19.2. The summed E-state index contributed by atoms with van der Waals surface area (Å²) in [7, 11) is 0. The number of rotatable bonds is 4. The second kappa shape index (κ2) is 7.67. The normalized spacial score (nSPS) is 12.8. The first-order valence-electron chi connectivity index (χ1n) is 10.1. The molecular formula is C23H18F3N5O. The molecule has 1 aliphatic rings. The van der Waals surface area contributed by atoms with Crippen LogP contribution in [-0.2, 0) is 12.8 Å². The smallest absolute Gasteiger partial charge is 0.277 e. The average Bonchev–Trinajstić information content (AvgIpc) is 3.46. The Labute approximate surface area is 181 Å². The average molecular weight is 437 g/mol. The molecule has 6 nitrogen and oxygen atoms in total. The standard InChI is InChI=1S/C23H18F3N5O/c1-13-11-21(31(28-13)15-7-5-14(24)6-8-15)27-23(32)22-17-3-2-4-20(17)30(29-22)16-9-10-18(25)19(26)12-16/h5-12H,2-4H2,1H3,(H,27,32). The Morgan fingerprint density at radius 3 is 2.41 bits per heavy atom. The Morgan fingerprint density at radius 1 is 0.906 bits per heavy atom. The highest BCUT2D eigenvalue weighted by molar-refractivity contribution is 6.04. The fourth-order valence-corrected chi connectivity index (χ4v) is 3.99.